The number of methoxy groups -OCH3 is 1. The van der Waals surface area contributed by atoms with Crippen molar-refractivity contribution in [2.45, 2.75) is 6.42 Å². The highest BCUT2D eigenvalue weighted by Crippen LogP contribution is 2.34. The standard InChI is InChI=1S/C25H26N2O3/c1-28-11-12-30-14-13-29-10-9-17-5-4-8-22-25(17)20-16-23-19(15-24(20)27-22)18-6-2-3-7-21(18)26-23/h2-8,15-16,26-27H,9-14H2,1H3. The van der Waals surface area contributed by atoms with Crippen LogP contribution in [0.2, 0.25) is 0 Å². The Bertz CT molecular complexity index is 1300. The number of hydrogen-bond acceptors (Lipinski definition) is 3. The third kappa shape index (κ3) is 3.56. The highest BCUT2D eigenvalue weighted by Gasteiger charge is 2.12. The van der Waals surface area contributed by atoms with Crippen molar-refractivity contribution >= 4 is 43.6 Å². The van der Waals surface area contributed by atoms with E-state index in [4.69, 9.17) is 14.2 Å². The summed E-state index contributed by atoms with van der Waals surface area (Å²) in [6.07, 6.45) is 0.868. The first-order valence-electron chi connectivity index (χ1n) is 10.4. The van der Waals surface area contributed by atoms with Crippen molar-refractivity contribution in [3.63, 3.8) is 0 Å². The van der Waals surface area contributed by atoms with E-state index in [9.17, 15) is 0 Å². The Balaban J connectivity index is 1.40. The van der Waals surface area contributed by atoms with Gasteiger partial charge in [0.25, 0.3) is 0 Å². The van der Waals surface area contributed by atoms with Crippen LogP contribution in [0.4, 0.5) is 0 Å². The summed E-state index contributed by atoms with van der Waals surface area (Å²) in [7, 11) is 1.67. The van der Waals surface area contributed by atoms with E-state index in [1.165, 1.54) is 49.2 Å². The highest BCUT2D eigenvalue weighted by molar-refractivity contribution is 6.17. The smallest absolute Gasteiger partial charge is 0.0701 e. The lowest BCUT2D eigenvalue weighted by Crippen LogP contribution is -2.09. The second kappa shape index (κ2) is 8.48. The Hall–Kier alpha value is -2.86. The van der Waals surface area contributed by atoms with Crippen LogP contribution in [-0.2, 0) is 20.6 Å². The quantitative estimate of drug-likeness (QED) is 0.334. The molecular formula is C25H26N2O3. The second-order valence-electron chi connectivity index (χ2n) is 7.55. The summed E-state index contributed by atoms with van der Waals surface area (Å²) in [6, 6.07) is 19.5. The minimum absolute atomic E-state index is 0.596. The number of ether oxygens (including phenoxy) is 3. The molecule has 3 aromatic carbocycles. The van der Waals surface area contributed by atoms with Crippen LogP contribution < -0.4 is 0 Å². The molecule has 30 heavy (non-hydrogen) atoms. The van der Waals surface area contributed by atoms with Crippen LogP contribution >= 0.6 is 0 Å². The van der Waals surface area contributed by atoms with Crippen LogP contribution in [0, 0.1) is 0 Å². The minimum Gasteiger partial charge on any atom is -0.382 e. The molecule has 0 aliphatic rings. The highest BCUT2D eigenvalue weighted by atomic mass is 16.5. The largest absolute Gasteiger partial charge is 0.382 e. The fourth-order valence-electron chi connectivity index (χ4n) is 4.23. The average Bonchev–Trinajstić information content (AvgIpc) is 3.31. The molecule has 0 fully saturated rings. The lowest BCUT2D eigenvalue weighted by atomic mass is 10.0. The van der Waals surface area contributed by atoms with Gasteiger partial charge in [0.05, 0.1) is 33.0 Å². The van der Waals surface area contributed by atoms with Crippen molar-refractivity contribution in [3.05, 3.63) is 60.2 Å². The number of benzene rings is 3. The van der Waals surface area contributed by atoms with E-state index in [0.29, 0.717) is 33.0 Å². The zero-order valence-electron chi connectivity index (χ0n) is 17.2. The SMILES string of the molecule is COCCOCCOCCc1cccc2[nH]c3cc4c(cc3c12)[nH]c1ccccc14. The zero-order chi connectivity index (χ0) is 20.3. The van der Waals surface area contributed by atoms with E-state index in [0.717, 1.165) is 6.42 Å². The van der Waals surface area contributed by atoms with E-state index in [2.05, 4.69) is 64.6 Å². The molecule has 0 saturated heterocycles. The lowest BCUT2D eigenvalue weighted by Gasteiger charge is -2.07. The summed E-state index contributed by atoms with van der Waals surface area (Å²) >= 11 is 0. The molecule has 2 N–H and O–H groups in total. The van der Waals surface area contributed by atoms with Gasteiger partial charge in [-0.3, -0.25) is 0 Å². The molecular weight excluding hydrogens is 376 g/mol. The van der Waals surface area contributed by atoms with Crippen molar-refractivity contribution in [2.24, 2.45) is 0 Å². The van der Waals surface area contributed by atoms with E-state index in [-0.39, 0.29) is 0 Å². The molecule has 0 amide bonds. The normalized spacial score (nSPS) is 12.0. The van der Waals surface area contributed by atoms with Gasteiger partial charge in [-0.1, -0.05) is 30.3 Å². The van der Waals surface area contributed by atoms with E-state index in [1.54, 1.807) is 7.11 Å². The monoisotopic (exact) mass is 402 g/mol. The Labute approximate surface area is 174 Å². The van der Waals surface area contributed by atoms with Crippen LogP contribution in [0.15, 0.2) is 54.6 Å². The second-order valence-corrected chi connectivity index (χ2v) is 7.55. The molecule has 5 nitrogen and oxygen atoms in total. The lowest BCUT2D eigenvalue weighted by molar-refractivity contribution is 0.0256. The van der Waals surface area contributed by atoms with Gasteiger partial charge in [0.2, 0.25) is 0 Å². The fraction of sp³-hybridized carbons (Fsp3) is 0.280. The molecule has 0 aliphatic carbocycles. The van der Waals surface area contributed by atoms with Crippen LogP contribution in [0.1, 0.15) is 5.56 Å². The summed E-state index contributed by atoms with van der Waals surface area (Å²) in [6.45, 7) is 3.10. The predicted octanol–water partition coefficient (Wildman–Crippen LogP) is 5.18. The van der Waals surface area contributed by atoms with Gasteiger partial charge in [0, 0.05) is 50.7 Å². The molecule has 0 saturated carbocycles. The van der Waals surface area contributed by atoms with Gasteiger partial charge >= 0.3 is 0 Å². The minimum atomic E-state index is 0.596. The van der Waals surface area contributed by atoms with E-state index in [1.807, 2.05) is 0 Å². The van der Waals surface area contributed by atoms with Gasteiger partial charge < -0.3 is 24.2 Å². The van der Waals surface area contributed by atoms with Crippen molar-refractivity contribution in [3.8, 4) is 0 Å². The first kappa shape index (κ1) is 19.1. The van der Waals surface area contributed by atoms with E-state index >= 15 is 0 Å². The number of nitrogens with one attached hydrogen (secondary N) is 2. The first-order chi connectivity index (χ1) is 14.8. The van der Waals surface area contributed by atoms with Gasteiger partial charge in [-0.2, -0.15) is 0 Å². The van der Waals surface area contributed by atoms with Crippen LogP contribution in [0.25, 0.3) is 43.6 Å². The van der Waals surface area contributed by atoms with Crippen LogP contribution in [0.3, 0.4) is 0 Å². The molecule has 0 atom stereocenters. The van der Waals surface area contributed by atoms with Crippen molar-refractivity contribution < 1.29 is 14.2 Å². The fourth-order valence-corrected chi connectivity index (χ4v) is 4.23. The molecule has 2 heterocycles. The van der Waals surface area contributed by atoms with Crippen molar-refractivity contribution in [1.82, 2.24) is 9.97 Å². The van der Waals surface area contributed by atoms with Gasteiger partial charge in [0.15, 0.2) is 0 Å². The zero-order valence-corrected chi connectivity index (χ0v) is 17.2. The number of para-hydroxylation sites is 1. The summed E-state index contributed by atoms with van der Waals surface area (Å²) < 4.78 is 16.2. The number of hydrogen-bond donors (Lipinski definition) is 2. The summed E-state index contributed by atoms with van der Waals surface area (Å²) in [5.41, 5.74) is 5.98. The molecule has 0 radical (unpaired) electrons. The van der Waals surface area contributed by atoms with Gasteiger partial charge in [-0.25, -0.2) is 0 Å². The predicted molar refractivity (Wildman–Crippen MR) is 122 cm³/mol. The molecule has 0 spiro atoms. The number of H-pyrrole nitrogens is 2. The van der Waals surface area contributed by atoms with E-state index < -0.39 is 0 Å². The topological polar surface area (TPSA) is 59.3 Å². The third-order valence-electron chi connectivity index (χ3n) is 5.65. The third-order valence-corrected chi connectivity index (χ3v) is 5.65. The first-order valence-corrected chi connectivity index (χ1v) is 10.4. The van der Waals surface area contributed by atoms with Gasteiger partial charge in [-0.15, -0.1) is 0 Å². The molecule has 5 heteroatoms. The number of aromatic amines is 2. The number of rotatable bonds is 9. The Kier molecular flexibility index (Phi) is 5.41. The Morgan fingerprint density at radius 2 is 1.33 bits per heavy atom. The molecule has 154 valence electrons. The molecule has 0 unspecified atom stereocenters. The molecule has 0 bridgehead atoms. The molecule has 5 rings (SSSR count). The molecule has 0 aliphatic heterocycles. The molecule has 2 aromatic heterocycles. The maximum absolute atomic E-state index is 5.78. The average molecular weight is 402 g/mol. The maximum Gasteiger partial charge on any atom is 0.0701 e. The number of fused-ring (bicyclic) bond motifs is 6. The summed E-state index contributed by atoms with van der Waals surface area (Å²) in [5.74, 6) is 0. The molecule has 5 aromatic rings. The summed E-state index contributed by atoms with van der Waals surface area (Å²) in [4.78, 5) is 7.17. The summed E-state index contributed by atoms with van der Waals surface area (Å²) in [5, 5.41) is 5.05. The van der Waals surface area contributed by atoms with Crippen LogP contribution in [0.5, 0.6) is 0 Å². The van der Waals surface area contributed by atoms with Gasteiger partial charge in [0.1, 0.15) is 0 Å². The Morgan fingerprint density at radius 1 is 0.633 bits per heavy atom. The van der Waals surface area contributed by atoms with Crippen LogP contribution in [-0.4, -0.2) is 50.1 Å². The number of aromatic nitrogens is 2. The Morgan fingerprint density at radius 3 is 2.23 bits per heavy atom. The van der Waals surface area contributed by atoms with Crippen molar-refractivity contribution in [1.29, 1.82) is 0 Å². The maximum atomic E-state index is 5.78. The van der Waals surface area contributed by atoms with Gasteiger partial charge in [-0.05, 0) is 36.2 Å². The van der Waals surface area contributed by atoms with Crippen molar-refractivity contribution in [2.75, 3.05) is 40.1 Å².